The van der Waals surface area contributed by atoms with E-state index in [9.17, 15) is 0 Å². The number of nitrogens with two attached hydrogens (primary N) is 1. The monoisotopic (exact) mass is 185 g/mol. The molecule has 0 spiro atoms. The first-order valence-corrected chi connectivity index (χ1v) is 5.38. The van der Waals surface area contributed by atoms with Crippen LogP contribution in [0.15, 0.2) is 0 Å². The van der Waals surface area contributed by atoms with Gasteiger partial charge in [0.1, 0.15) is 0 Å². The van der Waals surface area contributed by atoms with E-state index in [-0.39, 0.29) is 5.54 Å². The summed E-state index contributed by atoms with van der Waals surface area (Å²) in [6.07, 6.45) is 5.54. The van der Waals surface area contributed by atoms with Gasteiger partial charge < -0.3 is 10.5 Å². The van der Waals surface area contributed by atoms with Gasteiger partial charge in [0.25, 0.3) is 0 Å². The fraction of sp³-hybridized carbons (Fsp3) is 1.00. The van der Waals surface area contributed by atoms with Crippen LogP contribution in [0.5, 0.6) is 0 Å². The molecule has 0 unspecified atom stereocenters. The second-order valence-electron chi connectivity index (χ2n) is 5.18. The predicted octanol–water partition coefficient (Wildman–Crippen LogP) is 2.32. The Morgan fingerprint density at radius 1 is 1.23 bits per heavy atom. The highest BCUT2D eigenvalue weighted by Gasteiger charge is 2.20. The third-order valence-corrected chi connectivity index (χ3v) is 2.65. The maximum atomic E-state index is 5.85. The highest BCUT2D eigenvalue weighted by molar-refractivity contribution is 4.74. The van der Waals surface area contributed by atoms with Gasteiger partial charge in [0.2, 0.25) is 0 Å². The summed E-state index contributed by atoms with van der Waals surface area (Å²) in [6, 6.07) is 0. The van der Waals surface area contributed by atoms with Crippen molar-refractivity contribution in [1.82, 2.24) is 0 Å². The molecule has 1 saturated carbocycles. The molecule has 0 atom stereocenters. The summed E-state index contributed by atoms with van der Waals surface area (Å²) in [5.41, 5.74) is 5.68. The molecule has 1 aliphatic carbocycles. The van der Waals surface area contributed by atoms with E-state index in [0.29, 0.717) is 12.7 Å². The zero-order valence-corrected chi connectivity index (χ0v) is 9.18. The lowest BCUT2D eigenvalue weighted by molar-refractivity contribution is -0.000279. The Bertz CT molecular complexity index is 143. The number of hydrogen-bond donors (Lipinski definition) is 1. The van der Waals surface area contributed by atoms with Crippen molar-refractivity contribution in [1.29, 1.82) is 0 Å². The maximum absolute atomic E-state index is 5.85. The van der Waals surface area contributed by atoms with Crippen molar-refractivity contribution in [2.75, 3.05) is 6.61 Å². The van der Waals surface area contributed by atoms with Crippen LogP contribution in [-0.4, -0.2) is 18.2 Å². The Balaban J connectivity index is 2.16. The van der Waals surface area contributed by atoms with Crippen LogP contribution in [0.3, 0.4) is 0 Å². The molecule has 0 heterocycles. The first kappa shape index (κ1) is 11.0. The molecule has 0 amide bonds. The summed E-state index contributed by atoms with van der Waals surface area (Å²) < 4.78 is 5.77. The molecule has 0 aromatic carbocycles. The van der Waals surface area contributed by atoms with E-state index in [1.165, 1.54) is 25.7 Å². The molecule has 0 aliphatic heterocycles. The molecule has 0 bridgehead atoms. The van der Waals surface area contributed by atoms with Crippen LogP contribution in [0, 0.1) is 5.92 Å². The zero-order chi connectivity index (χ0) is 9.90. The fourth-order valence-electron chi connectivity index (χ4n) is 1.73. The Hall–Kier alpha value is -0.0800. The Kier molecular flexibility index (Phi) is 3.74. The molecule has 1 rings (SSSR count). The second-order valence-corrected chi connectivity index (χ2v) is 5.18. The topological polar surface area (TPSA) is 35.2 Å². The van der Waals surface area contributed by atoms with Gasteiger partial charge in [-0.15, -0.1) is 0 Å². The smallest absolute Gasteiger partial charge is 0.0644 e. The molecule has 78 valence electrons. The minimum absolute atomic E-state index is 0.178. The Morgan fingerprint density at radius 3 is 2.23 bits per heavy atom. The molecule has 0 aromatic heterocycles. The lowest BCUT2D eigenvalue weighted by atomic mass is 9.89. The number of hydrogen-bond acceptors (Lipinski definition) is 2. The van der Waals surface area contributed by atoms with Crippen molar-refractivity contribution < 1.29 is 4.74 Å². The number of rotatable bonds is 3. The van der Waals surface area contributed by atoms with E-state index < -0.39 is 0 Å². The fourth-order valence-corrected chi connectivity index (χ4v) is 1.73. The lowest BCUT2D eigenvalue weighted by Gasteiger charge is -2.29. The van der Waals surface area contributed by atoms with E-state index in [4.69, 9.17) is 10.5 Å². The van der Waals surface area contributed by atoms with E-state index in [1.807, 2.05) is 13.8 Å². The first-order chi connectivity index (χ1) is 5.97. The largest absolute Gasteiger partial charge is 0.376 e. The molecule has 2 nitrogen and oxygen atoms in total. The van der Waals surface area contributed by atoms with Crippen molar-refractivity contribution in [3.63, 3.8) is 0 Å². The average molecular weight is 185 g/mol. The molecule has 0 aromatic rings. The molecule has 13 heavy (non-hydrogen) atoms. The van der Waals surface area contributed by atoms with Crippen molar-refractivity contribution in [2.24, 2.45) is 11.7 Å². The van der Waals surface area contributed by atoms with Crippen LogP contribution in [0.2, 0.25) is 0 Å². The van der Waals surface area contributed by atoms with Crippen LogP contribution in [-0.2, 0) is 4.74 Å². The summed E-state index contributed by atoms with van der Waals surface area (Å²) in [4.78, 5) is 0. The van der Waals surface area contributed by atoms with Gasteiger partial charge in [-0.2, -0.15) is 0 Å². The van der Waals surface area contributed by atoms with Gasteiger partial charge in [-0.3, -0.25) is 0 Å². The molecular weight excluding hydrogens is 162 g/mol. The SMILES string of the molecule is CC1CCC(OCC(C)(C)N)CC1. The lowest BCUT2D eigenvalue weighted by Crippen LogP contribution is -2.39. The van der Waals surface area contributed by atoms with Gasteiger partial charge in [-0.05, 0) is 45.4 Å². The third kappa shape index (κ3) is 4.63. The summed E-state index contributed by atoms with van der Waals surface area (Å²) in [5, 5.41) is 0. The van der Waals surface area contributed by atoms with Crippen molar-refractivity contribution >= 4 is 0 Å². The van der Waals surface area contributed by atoms with E-state index >= 15 is 0 Å². The zero-order valence-electron chi connectivity index (χ0n) is 9.18. The highest BCUT2D eigenvalue weighted by Crippen LogP contribution is 2.25. The van der Waals surface area contributed by atoms with Crippen LogP contribution >= 0.6 is 0 Å². The molecule has 0 saturated heterocycles. The van der Waals surface area contributed by atoms with Crippen LogP contribution in [0.1, 0.15) is 46.5 Å². The van der Waals surface area contributed by atoms with Crippen molar-refractivity contribution in [2.45, 2.75) is 58.1 Å². The van der Waals surface area contributed by atoms with Gasteiger partial charge in [-0.25, -0.2) is 0 Å². The normalized spacial score (nSPS) is 30.5. The molecular formula is C11H23NO. The molecule has 2 N–H and O–H groups in total. The van der Waals surface area contributed by atoms with Crippen LogP contribution in [0.4, 0.5) is 0 Å². The third-order valence-electron chi connectivity index (χ3n) is 2.65. The molecule has 2 heteroatoms. The molecule has 1 fully saturated rings. The first-order valence-electron chi connectivity index (χ1n) is 5.38. The summed E-state index contributed by atoms with van der Waals surface area (Å²) in [7, 11) is 0. The maximum Gasteiger partial charge on any atom is 0.0644 e. The molecule has 0 radical (unpaired) electrons. The quantitative estimate of drug-likeness (QED) is 0.732. The van der Waals surface area contributed by atoms with E-state index in [0.717, 1.165) is 5.92 Å². The summed E-state index contributed by atoms with van der Waals surface area (Å²) in [6.45, 7) is 7.03. The van der Waals surface area contributed by atoms with Crippen LogP contribution in [0.25, 0.3) is 0 Å². The second kappa shape index (κ2) is 4.43. The van der Waals surface area contributed by atoms with E-state index in [2.05, 4.69) is 6.92 Å². The number of ether oxygens (including phenoxy) is 1. The van der Waals surface area contributed by atoms with Gasteiger partial charge in [-0.1, -0.05) is 6.92 Å². The summed E-state index contributed by atoms with van der Waals surface area (Å²) >= 11 is 0. The summed E-state index contributed by atoms with van der Waals surface area (Å²) in [5.74, 6) is 0.894. The Morgan fingerprint density at radius 2 is 1.77 bits per heavy atom. The Labute approximate surface area is 81.8 Å². The predicted molar refractivity (Wildman–Crippen MR) is 55.6 cm³/mol. The average Bonchev–Trinajstić information content (AvgIpc) is 2.02. The van der Waals surface area contributed by atoms with Gasteiger partial charge in [0, 0.05) is 5.54 Å². The van der Waals surface area contributed by atoms with E-state index in [1.54, 1.807) is 0 Å². The highest BCUT2D eigenvalue weighted by atomic mass is 16.5. The van der Waals surface area contributed by atoms with Crippen LogP contribution < -0.4 is 5.73 Å². The standard InChI is InChI=1S/C11H23NO/c1-9-4-6-10(7-5-9)13-8-11(2,3)12/h9-10H,4-8,12H2,1-3H3. The minimum Gasteiger partial charge on any atom is -0.376 e. The van der Waals surface area contributed by atoms with Gasteiger partial charge in [0.15, 0.2) is 0 Å². The molecule has 1 aliphatic rings. The minimum atomic E-state index is -0.178. The van der Waals surface area contributed by atoms with Gasteiger partial charge >= 0.3 is 0 Å². The van der Waals surface area contributed by atoms with Gasteiger partial charge in [0.05, 0.1) is 12.7 Å². The van der Waals surface area contributed by atoms with Crippen molar-refractivity contribution in [3.8, 4) is 0 Å². The van der Waals surface area contributed by atoms with Crippen molar-refractivity contribution in [3.05, 3.63) is 0 Å².